The molecule has 0 bridgehead atoms. The van der Waals surface area contributed by atoms with E-state index in [1.165, 1.54) is 19.4 Å². The Balaban J connectivity index is 1.36. The minimum atomic E-state index is -0.366. The molecule has 6 nitrogen and oxygen atoms in total. The lowest BCUT2D eigenvalue weighted by atomic mass is 10.0. The number of carbonyl (C=O) groups is 1. The third-order valence-electron chi connectivity index (χ3n) is 6.02. The van der Waals surface area contributed by atoms with Gasteiger partial charge in [0.1, 0.15) is 12.4 Å². The lowest BCUT2D eigenvalue weighted by Crippen LogP contribution is -2.18. The molecule has 4 aromatic carbocycles. The summed E-state index contributed by atoms with van der Waals surface area (Å²) in [5, 5.41) is 4.90. The number of aromatic nitrogens is 1. The molecule has 0 spiro atoms. The van der Waals surface area contributed by atoms with Crippen molar-refractivity contribution in [2.45, 2.75) is 6.61 Å². The molecule has 1 N–H and O–H groups in total. The van der Waals surface area contributed by atoms with Crippen molar-refractivity contribution < 1.29 is 18.7 Å². The van der Waals surface area contributed by atoms with Gasteiger partial charge in [0.2, 0.25) is 0 Å². The summed E-state index contributed by atoms with van der Waals surface area (Å²) in [6.45, 7) is 0.0455. The Morgan fingerprint density at radius 3 is 2.51 bits per heavy atom. The number of methoxy groups -OCH3 is 1. The molecule has 1 amide bonds. The summed E-state index contributed by atoms with van der Waals surface area (Å²) in [4.78, 5) is 17.9. The maximum Gasteiger partial charge on any atom is 0.272 e. The summed E-state index contributed by atoms with van der Waals surface area (Å²) in [7, 11) is 1.51. The first-order valence-electron chi connectivity index (χ1n) is 12.1. The van der Waals surface area contributed by atoms with Crippen LogP contribution >= 0.6 is 15.9 Å². The second-order valence-corrected chi connectivity index (χ2v) is 9.40. The van der Waals surface area contributed by atoms with E-state index in [1.807, 2.05) is 54.6 Å². The molecule has 0 saturated carbocycles. The van der Waals surface area contributed by atoms with E-state index < -0.39 is 0 Å². The highest BCUT2D eigenvalue weighted by molar-refractivity contribution is 9.10. The third-order valence-corrected chi connectivity index (χ3v) is 6.71. The largest absolute Gasteiger partial charge is 0.493 e. The fourth-order valence-electron chi connectivity index (χ4n) is 4.03. The molecular formula is C31H23BrFN3O3. The van der Waals surface area contributed by atoms with Gasteiger partial charge in [-0.1, -0.05) is 66.7 Å². The van der Waals surface area contributed by atoms with Crippen molar-refractivity contribution in [3.63, 3.8) is 0 Å². The lowest BCUT2D eigenvalue weighted by Gasteiger charge is -2.13. The van der Waals surface area contributed by atoms with Crippen molar-refractivity contribution in [3.8, 4) is 22.8 Å². The summed E-state index contributed by atoms with van der Waals surface area (Å²) < 4.78 is 25.9. The van der Waals surface area contributed by atoms with Gasteiger partial charge in [0.15, 0.2) is 11.5 Å². The van der Waals surface area contributed by atoms with Crippen LogP contribution in [0.1, 0.15) is 21.5 Å². The van der Waals surface area contributed by atoms with E-state index in [9.17, 15) is 9.18 Å². The van der Waals surface area contributed by atoms with Crippen molar-refractivity contribution in [2.75, 3.05) is 7.11 Å². The van der Waals surface area contributed by atoms with Crippen molar-refractivity contribution in [1.29, 1.82) is 0 Å². The fourth-order valence-corrected chi connectivity index (χ4v) is 4.46. The summed E-state index contributed by atoms with van der Waals surface area (Å²) in [5.41, 5.74) is 6.48. The number of pyridine rings is 1. The number of fused-ring (bicyclic) bond motifs is 1. The van der Waals surface area contributed by atoms with E-state index in [4.69, 9.17) is 14.5 Å². The standard InChI is InChI=1S/C31H23BrFN3O3/c1-38-29-15-22(25(32)17-30(29)39-19-21-11-5-7-13-26(21)33)18-34-36-31(37)24-16-28(20-9-3-2-4-10-20)35-27-14-8-6-12-23(24)27/h2-18H,19H2,1H3,(H,36,37)/b34-18+. The number of amides is 1. The third kappa shape index (κ3) is 5.97. The molecule has 0 fully saturated rings. The first kappa shape index (κ1) is 26.1. The number of nitrogens with one attached hydrogen (secondary N) is 1. The van der Waals surface area contributed by atoms with Crippen molar-refractivity contribution in [3.05, 3.63) is 124 Å². The number of halogens is 2. The molecule has 0 aliphatic heterocycles. The van der Waals surface area contributed by atoms with Gasteiger partial charge >= 0.3 is 0 Å². The van der Waals surface area contributed by atoms with Gasteiger partial charge in [-0.25, -0.2) is 14.8 Å². The number of hydrogen-bond acceptors (Lipinski definition) is 5. The second-order valence-electron chi connectivity index (χ2n) is 8.54. The van der Waals surface area contributed by atoms with Crippen LogP contribution in [0.15, 0.2) is 107 Å². The molecule has 5 rings (SSSR count). The Hall–Kier alpha value is -4.56. The average Bonchev–Trinajstić information content (AvgIpc) is 2.97. The second kappa shape index (κ2) is 11.9. The molecule has 1 aromatic heterocycles. The molecule has 39 heavy (non-hydrogen) atoms. The van der Waals surface area contributed by atoms with E-state index in [2.05, 4.69) is 26.5 Å². The molecular weight excluding hydrogens is 561 g/mol. The highest BCUT2D eigenvalue weighted by Crippen LogP contribution is 2.33. The van der Waals surface area contributed by atoms with E-state index in [-0.39, 0.29) is 18.3 Å². The van der Waals surface area contributed by atoms with Crippen LogP contribution in [-0.2, 0) is 6.61 Å². The van der Waals surface area contributed by atoms with Crippen LogP contribution in [-0.4, -0.2) is 24.2 Å². The molecule has 0 aliphatic carbocycles. The highest BCUT2D eigenvalue weighted by Gasteiger charge is 2.14. The molecule has 0 saturated heterocycles. The average molecular weight is 584 g/mol. The van der Waals surface area contributed by atoms with Gasteiger partial charge < -0.3 is 9.47 Å². The van der Waals surface area contributed by atoms with Crippen LogP contribution in [0.5, 0.6) is 11.5 Å². The minimum absolute atomic E-state index is 0.0455. The molecule has 8 heteroatoms. The lowest BCUT2D eigenvalue weighted by molar-refractivity contribution is 0.0956. The van der Waals surface area contributed by atoms with Gasteiger partial charge in [0, 0.05) is 26.5 Å². The smallest absolute Gasteiger partial charge is 0.272 e. The molecule has 0 atom stereocenters. The van der Waals surface area contributed by atoms with Crippen LogP contribution in [0, 0.1) is 5.82 Å². The molecule has 194 valence electrons. The van der Waals surface area contributed by atoms with Crippen LogP contribution in [0.3, 0.4) is 0 Å². The number of rotatable bonds is 8. The summed E-state index contributed by atoms with van der Waals surface area (Å²) in [5.74, 6) is 0.170. The first-order valence-corrected chi connectivity index (χ1v) is 12.8. The van der Waals surface area contributed by atoms with Gasteiger partial charge in [0.25, 0.3) is 5.91 Å². The van der Waals surface area contributed by atoms with Crippen molar-refractivity contribution >= 4 is 39.0 Å². The van der Waals surface area contributed by atoms with Crippen molar-refractivity contribution in [2.24, 2.45) is 5.10 Å². The fraction of sp³-hybridized carbons (Fsp3) is 0.0645. The predicted octanol–water partition coefficient (Wildman–Crippen LogP) is 7.15. The zero-order chi connectivity index (χ0) is 27.2. The summed E-state index contributed by atoms with van der Waals surface area (Å²) in [6, 6.07) is 28.8. The van der Waals surface area contributed by atoms with E-state index in [0.717, 1.165) is 10.9 Å². The minimum Gasteiger partial charge on any atom is -0.493 e. The topological polar surface area (TPSA) is 72.8 Å². The zero-order valence-corrected chi connectivity index (χ0v) is 22.5. The Labute approximate surface area is 233 Å². The van der Waals surface area contributed by atoms with E-state index >= 15 is 0 Å². The number of ether oxygens (including phenoxy) is 2. The van der Waals surface area contributed by atoms with Gasteiger partial charge in [-0.15, -0.1) is 0 Å². The maximum atomic E-state index is 14.0. The SMILES string of the molecule is COc1cc(/C=N/NC(=O)c2cc(-c3ccccc3)nc3ccccc23)c(Br)cc1OCc1ccccc1F. The van der Waals surface area contributed by atoms with Crippen LogP contribution in [0.2, 0.25) is 0 Å². The first-order chi connectivity index (χ1) is 19.0. The Kier molecular flexibility index (Phi) is 7.94. The number of hydrazone groups is 1. The normalized spacial score (nSPS) is 11.1. The Bertz CT molecular complexity index is 1680. The molecule has 5 aromatic rings. The van der Waals surface area contributed by atoms with Crippen LogP contribution in [0.25, 0.3) is 22.2 Å². The Morgan fingerprint density at radius 2 is 1.72 bits per heavy atom. The predicted molar refractivity (Wildman–Crippen MR) is 154 cm³/mol. The molecule has 0 radical (unpaired) electrons. The van der Waals surface area contributed by atoms with Crippen LogP contribution in [0.4, 0.5) is 4.39 Å². The van der Waals surface area contributed by atoms with E-state index in [1.54, 1.807) is 36.4 Å². The number of benzene rings is 4. The number of hydrogen-bond donors (Lipinski definition) is 1. The van der Waals surface area contributed by atoms with E-state index in [0.29, 0.717) is 43.9 Å². The summed E-state index contributed by atoms with van der Waals surface area (Å²) >= 11 is 3.51. The van der Waals surface area contributed by atoms with Gasteiger partial charge in [-0.3, -0.25) is 4.79 Å². The Morgan fingerprint density at radius 1 is 0.974 bits per heavy atom. The zero-order valence-electron chi connectivity index (χ0n) is 20.9. The quantitative estimate of drug-likeness (QED) is 0.155. The maximum absolute atomic E-state index is 14.0. The van der Waals surface area contributed by atoms with Gasteiger partial charge in [0.05, 0.1) is 30.1 Å². The molecule has 0 aliphatic rings. The van der Waals surface area contributed by atoms with Crippen LogP contribution < -0.4 is 14.9 Å². The number of para-hydroxylation sites is 1. The van der Waals surface area contributed by atoms with Crippen molar-refractivity contribution in [1.82, 2.24) is 10.4 Å². The number of carbonyl (C=O) groups excluding carboxylic acids is 1. The van der Waals surface area contributed by atoms with Gasteiger partial charge in [-0.05, 0) is 46.3 Å². The molecule has 1 heterocycles. The number of nitrogens with zero attached hydrogens (tertiary/aromatic N) is 2. The molecule has 0 unspecified atom stereocenters. The monoisotopic (exact) mass is 583 g/mol. The van der Waals surface area contributed by atoms with Gasteiger partial charge in [-0.2, -0.15) is 5.10 Å². The summed E-state index contributed by atoms with van der Waals surface area (Å²) in [6.07, 6.45) is 1.51. The highest BCUT2D eigenvalue weighted by atomic mass is 79.9.